The lowest BCUT2D eigenvalue weighted by Gasteiger charge is -2.10. The van der Waals surface area contributed by atoms with Gasteiger partial charge in [0.2, 0.25) is 5.16 Å². The van der Waals surface area contributed by atoms with E-state index >= 15 is 0 Å². The fourth-order valence-corrected chi connectivity index (χ4v) is 3.03. The molecule has 1 N–H and O–H groups in total. The van der Waals surface area contributed by atoms with Crippen molar-refractivity contribution < 1.29 is 5.11 Å². The summed E-state index contributed by atoms with van der Waals surface area (Å²) in [5.74, 6) is 0.866. The zero-order valence-corrected chi connectivity index (χ0v) is 10.4. The van der Waals surface area contributed by atoms with Gasteiger partial charge in [-0.3, -0.25) is 0 Å². The molecule has 0 amide bonds. The van der Waals surface area contributed by atoms with Crippen molar-refractivity contribution in [3.8, 4) is 0 Å². The lowest BCUT2D eigenvalue weighted by molar-refractivity contribution is 0.192. The Kier molecular flexibility index (Phi) is 4.17. The Morgan fingerprint density at radius 3 is 2.94 bits per heavy atom. The fourth-order valence-electron chi connectivity index (χ4n) is 1.98. The Balaban J connectivity index is 1.91. The third-order valence-corrected chi connectivity index (χ3v) is 3.87. The van der Waals surface area contributed by atoms with E-state index < -0.39 is 0 Å². The van der Waals surface area contributed by atoms with E-state index in [2.05, 4.69) is 15.5 Å². The molecule has 0 spiro atoms. The van der Waals surface area contributed by atoms with Gasteiger partial charge in [0.25, 0.3) is 0 Å². The average molecular weight is 242 g/mol. The number of aliphatic hydroxyl groups excluding tert-OH is 1. The van der Waals surface area contributed by atoms with Crippen LogP contribution in [0.5, 0.6) is 0 Å². The highest BCUT2D eigenvalue weighted by atomic mass is 32.2. The summed E-state index contributed by atoms with van der Waals surface area (Å²) < 4.78 is 1.96. The van der Waals surface area contributed by atoms with Crippen molar-refractivity contribution in [1.82, 2.24) is 20.2 Å². The van der Waals surface area contributed by atoms with Crippen LogP contribution in [0.3, 0.4) is 0 Å². The third-order valence-electron chi connectivity index (χ3n) is 2.90. The molecule has 6 heteroatoms. The van der Waals surface area contributed by atoms with Crippen LogP contribution in [-0.2, 0) is 0 Å². The van der Waals surface area contributed by atoms with Crippen LogP contribution < -0.4 is 0 Å². The maximum Gasteiger partial charge on any atom is 0.209 e. The number of nitrogens with zero attached hydrogens (tertiary/aromatic N) is 4. The second-order valence-corrected chi connectivity index (χ2v) is 5.39. The topological polar surface area (TPSA) is 63.8 Å². The Bertz CT molecular complexity index is 322. The van der Waals surface area contributed by atoms with Crippen LogP contribution in [0.25, 0.3) is 0 Å². The smallest absolute Gasteiger partial charge is 0.209 e. The van der Waals surface area contributed by atoms with Crippen molar-refractivity contribution in [2.75, 3.05) is 5.75 Å². The fraction of sp³-hybridized carbons (Fsp3) is 0.900. The van der Waals surface area contributed by atoms with Crippen LogP contribution in [0.4, 0.5) is 0 Å². The predicted molar refractivity (Wildman–Crippen MR) is 62.3 cm³/mol. The molecule has 1 aromatic heterocycles. The summed E-state index contributed by atoms with van der Waals surface area (Å²) in [6.45, 7) is 1.81. The molecule has 0 radical (unpaired) electrons. The first-order valence-corrected chi connectivity index (χ1v) is 6.84. The second kappa shape index (κ2) is 5.63. The number of aliphatic hydroxyl groups is 1. The van der Waals surface area contributed by atoms with E-state index in [9.17, 15) is 5.11 Å². The number of tetrazole rings is 1. The van der Waals surface area contributed by atoms with Crippen LogP contribution in [0.15, 0.2) is 5.16 Å². The number of aromatic nitrogens is 4. The average Bonchev–Trinajstić information content (AvgIpc) is 2.84. The van der Waals surface area contributed by atoms with E-state index in [0.29, 0.717) is 6.04 Å². The largest absolute Gasteiger partial charge is 0.393 e. The minimum Gasteiger partial charge on any atom is -0.393 e. The Morgan fingerprint density at radius 2 is 2.25 bits per heavy atom. The molecule has 1 saturated carbocycles. The molecule has 90 valence electrons. The maximum absolute atomic E-state index is 9.19. The van der Waals surface area contributed by atoms with Gasteiger partial charge in [-0.15, -0.1) is 5.10 Å². The summed E-state index contributed by atoms with van der Waals surface area (Å²) in [7, 11) is 0. The van der Waals surface area contributed by atoms with Gasteiger partial charge in [-0.2, -0.15) is 0 Å². The first-order chi connectivity index (χ1) is 7.77. The molecule has 1 aromatic rings. The molecular weight excluding hydrogens is 224 g/mol. The molecule has 16 heavy (non-hydrogen) atoms. The van der Waals surface area contributed by atoms with Crippen LogP contribution in [-0.4, -0.2) is 37.2 Å². The van der Waals surface area contributed by atoms with Crippen molar-refractivity contribution >= 4 is 11.8 Å². The van der Waals surface area contributed by atoms with Gasteiger partial charge in [0.15, 0.2) is 0 Å². The molecule has 0 aromatic carbocycles. The zero-order valence-electron chi connectivity index (χ0n) is 9.54. The number of rotatable bonds is 5. The molecule has 1 aliphatic carbocycles. The highest BCUT2D eigenvalue weighted by Gasteiger charge is 2.21. The van der Waals surface area contributed by atoms with E-state index in [1.807, 2.05) is 4.68 Å². The molecule has 0 aliphatic heterocycles. The van der Waals surface area contributed by atoms with Crippen LogP contribution in [0.2, 0.25) is 0 Å². The molecule has 1 heterocycles. The van der Waals surface area contributed by atoms with Gasteiger partial charge >= 0.3 is 0 Å². The van der Waals surface area contributed by atoms with Gasteiger partial charge in [0.1, 0.15) is 0 Å². The predicted octanol–water partition coefficient (Wildman–Crippen LogP) is 1.65. The van der Waals surface area contributed by atoms with Crippen LogP contribution in [0, 0.1) is 0 Å². The first-order valence-electron chi connectivity index (χ1n) is 5.86. The van der Waals surface area contributed by atoms with Crippen LogP contribution >= 0.6 is 11.8 Å². The molecule has 1 fully saturated rings. The van der Waals surface area contributed by atoms with Gasteiger partial charge in [-0.1, -0.05) is 24.6 Å². The van der Waals surface area contributed by atoms with Gasteiger partial charge in [-0.05, 0) is 36.6 Å². The van der Waals surface area contributed by atoms with E-state index in [0.717, 1.165) is 17.3 Å². The highest BCUT2D eigenvalue weighted by molar-refractivity contribution is 7.99. The van der Waals surface area contributed by atoms with Gasteiger partial charge < -0.3 is 5.11 Å². The van der Waals surface area contributed by atoms with E-state index in [1.165, 1.54) is 25.7 Å². The molecule has 1 unspecified atom stereocenters. The molecule has 0 saturated heterocycles. The molecule has 2 rings (SSSR count). The third kappa shape index (κ3) is 2.95. The lowest BCUT2D eigenvalue weighted by Crippen LogP contribution is -2.09. The Morgan fingerprint density at radius 1 is 1.50 bits per heavy atom. The van der Waals surface area contributed by atoms with Crippen molar-refractivity contribution in [2.45, 2.75) is 56.3 Å². The monoisotopic (exact) mass is 242 g/mol. The SMILES string of the molecule is CC(O)CCSc1nnnn1C1CCCC1. The van der Waals surface area contributed by atoms with E-state index in [1.54, 1.807) is 18.7 Å². The van der Waals surface area contributed by atoms with Crippen molar-refractivity contribution in [1.29, 1.82) is 0 Å². The zero-order chi connectivity index (χ0) is 11.4. The standard InChI is InChI=1S/C10H18N4OS/c1-8(15)6-7-16-10-11-12-13-14(10)9-4-2-3-5-9/h8-9,15H,2-7H2,1H3. The molecule has 1 aliphatic rings. The minimum absolute atomic E-state index is 0.247. The van der Waals surface area contributed by atoms with E-state index in [-0.39, 0.29) is 6.10 Å². The molecule has 5 nitrogen and oxygen atoms in total. The van der Waals surface area contributed by atoms with Gasteiger partial charge in [0, 0.05) is 5.75 Å². The van der Waals surface area contributed by atoms with Gasteiger partial charge in [-0.25, -0.2) is 4.68 Å². The Hall–Kier alpha value is -0.620. The summed E-state index contributed by atoms with van der Waals surface area (Å²) in [5.41, 5.74) is 0. The molecule has 1 atom stereocenters. The maximum atomic E-state index is 9.19. The quantitative estimate of drug-likeness (QED) is 0.795. The van der Waals surface area contributed by atoms with Gasteiger partial charge in [0.05, 0.1) is 12.1 Å². The van der Waals surface area contributed by atoms with Crippen molar-refractivity contribution in [2.24, 2.45) is 0 Å². The summed E-state index contributed by atoms with van der Waals surface area (Å²) in [4.78, 5) is 0. The number of hydrogen-bond acceptors (Lipinski definition) is 5. The number of hydrogen-bond donors (Lipinski definition) is 1. The normalized spacial score (nSPS) is 19.1. The number of thioether (sulfide) groups is 1. The summed E-state index contributed by atoms with van der Waals surface area (Å²) in [5, 5.41) is 21.9. The van der Waals surface area contributed by atoms with Crippen molar-refractivity contribution in [3.63, 3.8) is 0 Å². The second-order valence-electron chi connectivity index (χ2n) is 4.33. The molecule has 0 bridgehead atoms. The van der Waals surface area contributed by atoms with E-state index in [4.69, 9.17) is 0 Å². The summed E-state index contributed by atoms with van der Waals surface area (Å²) in [6.07, 6.45) is 5.47. The molecular formula is C10H18N4OS. The Labute approximate surface area is 99.6 Å². The highest BCUT2D eigenvalue weighted by Crippen LogP contribution is 2.31. The summed E-state index contributed by atoms with van der Waals surface area (Å²) >= 11 is 1.64. The first kappa shape index (κ1) is 11.9. The van der Waals surface area contributed by atoms with Crippen molar-refractivity contribution in [3.05, 3.63) is 0 Å². The summed E-state index contributed by atoms with van der Waals surface area (Å²) in [6, 6.07) is 0.490. The lowest BCUT2D eigenvalue weighted by atomic mass is 10.3. The minimum atomic E-state index is -0.247. The van der Waals surface area contributed by atoms with Crippen LogP contribution in [0.1, 0.15) is 45.1 Å².